The van der Waals surface area contributed by atoms with Crippen molar-refractivity contribution in [3.05, 3.63) is 0 Å². The molecule has 0 aromatic heterocycles. The number of likely N-dealkylation sites (tertiary alicyclic amines) is 1. The number of nitrogens with zero attached hydrogens (tertiary/aromatic N) is 1. The maximum Gasteiger partial charge on any atom is 0.247 e. The van der Waals surface area contributed by atoms with Crippen LogP contribution < -0.4 is 5.32 Å². The minimum absolute atomic E-state index is 0.0496. The van der Waals surface area contributed by atoms with E-state index in [0.29, 0.717) is 0 Å². The number of aliphatic hydroxyl groups excluding tert-OH is 1. The van der Waals surface area contributed by atoms with Gasteiger partial charge in [-0.05, 0) is 50.9 Å². The Hall–Kier alpha value is -1.10. The standard InChI is InChI=1S/C19H32N2O3/c1-14(22)16(20-17(23)15-7-8-15)18(24)21-12-6-11-19(13-21)9-4-2-3-5-10-19/h14-16,22H,2-13H2,1H3,(H,20,23)/t14-,16-/m1/s1. The highest BCUT2D eigenvalue weighted by Crippen LogP contribution is 2.42. The van der Waals surface area contributed by atoms with Gasteiger partial charge < -0.3 is 15.3 Å². The van der Waals surface area contributed by atoms with Crippen LogP contribution in [0.4, 0.5) is 0 Å². The molecule has 136 valence electrons. The second kappa shape index (κ2) is 7.42. The van der Waals surface area contributed by atoms with Crippen molar-refractivity contribution in [3.8, 4) is 0 Å². The van der Waals surface area contributed by atoms with Crippen molar-refractivity contribution in [1.82, 2.24) is 10.2 Å². The van der Waals surface area contributed by atoms with E-state index in [4.69, 9.17) is 0 Å². The molecule has 24 heavy (non-hydrogen) atoms. The minimum atomic E-state index is -0.854. The van der Waals surface area contributed by atoms with E-state index in [9.17, 15) is 14.7 Å². The summed E-state index contributed by atoms with van der Waals surface area (Å²) in [6, 6.07) is -0.793. The largest absolute Gasteiger partial charge is 0.391 e. The zero-order valence-electron chi connectivity index (χ0n) is 14.9. The van der Waals surface area contributed by atoms with E-state index in [1.165, 1.54) is 44.9 Å². The van der Waals surface area contributed by atoms with Crippen molar-refractivity contribution in [3.63, 3.8) is 0 Å². The Morgan fingerprint density at radius 2 is 1.71 bits per heavy atom. The number of amides is 2. The molecule has 2 saturated carbocycles. The lowest BCUT2D eigenvalue weighted by Crippen LogP contribution is -2.57. The highest BCUT2D eigenvalue weighted by atomic mass is 16.3. The fourth-order valence-electron chi connectivity index (χ4n) is 4.48. The Morgan fingerprint density at radius 3 is 2.29 bits per heavy atom. The molecular formula is C19H32N2O3. The van der Waals surface area contributed by atoms with Gasteiger partial charge in [0.2, 0.25) is 11.8 Å². The molecule has 3 fully saturated rings. The molecule has 0 unspecified atom stereocenters. The van der Waals surface area contributed by atoms with Gasteiger partial charge >= 0.3 is 0 Å². The van der Waals surface area contributed by atoms with E-state index in [-0.39, 0.29) is 23.1 Å². The molecule has 3 rings (SSSR count). The maximum absolute atomic E-state index is 13.0. The van der Waals surface area contributed by atoms with E-state index >= 15 is 0 Å². The van der Waals surface area contributed by atoms with E-state index in [1.807, 2.05) is 4.90 Å². The van der Waals surface area contributed by atoms with Crippen LogP contribution in [0.2, 0.25) is 0 Å². The molecule has 2 aliphatic carbocycles. The molecule has 0 aromatic rings. The molecule has 3 aliphatic rings. The van der Waals surface area contributed by atoms with Gasteiger partial charge in [0.1, 0.15) is 6.04 Å². The first-order valence-corrected chi connectivity index (χ1v) is 9.78. The van der Waals surface area contributed by atoms with Crippen LogP contribution in [0.5, 0.6) is 0 Å². The smallest absolute Gasteiger partial charge is 0.247 e. The molecule has 0 aromatic carbocycles. The summed E-state index contributed by atoms with van der Waals surface area (Å²) in [4.78, 5) is 27.0. The van der Waals surface area contributed by atoms with Gasteiger partial charge in [0.05, 0.1) is 6.10 Å². The predicted octanol–water partition coefficient (Wildman–Crippen LogP) is 2.22. The van der Waals surface area contributed by atoms with Crippen LogP contribution in [0.15, 0.2) is 0 Å². The van der Waals surface area contributed by atoms with E-state index < -0.39 is 12.1 Å². The molecule has 1 aliphatic heterocycles. The summed E-state index contributed by atoms with van der Waals surface area (Å²) in [5.41, 5.74) is 0.272. The Morgan fingerprint density at radius 1 is 1.08 bits per heavy atom. The zero-order chi connectivity index (χ0) is 17.2. The molecule has 1 heterocycles. The SMILES string of the molecule is C[C@@H](O)[C@@H](NC(=O)C1CC1)C(=O)N1CCCC2(CCCCCC2)C1. The fourth-order valence-corrected chi connectivity index (χ4v) is 4.48. The van der Waals surface area contributed by atoms with Gasteiger partial charge in [-0.2, -0.15) is 0 Å². The number of piperidine rings is 1. The van der Waals surface area contributed by atoms with Crippen molar-refractivity contribution in [2.45, 2.75) is 83.3 Å². The number of aliphatic hydroxyl groups is 1. The first-order chi connectivity index (χ1) is 11.5. The van der Waals surface area contributed by atoms with Gasteiger partial charge in [0.25, 0.3) is 0 Å². The van der Waals surface area contributed by atoms with E-state index in [2.05, 4.69) is 5.32 Å². The van der Waals surface area contributed by atoms with Crippen LogP contribution in [0.1, 0.15) is 71.1 Å². The second-order valence-corrected chi connectivity index (χ2v) is 8.28. The van der Waals surface area contributed by atoms with Crippen LogP contribution in [-0.4, -0.2) is 47.1 Å². The Balaban J connectivity index is 1.65. The van der Waals surface area contributed by atoms with Gasteiger partial charge in [-0.15, -0.1) is 0 Å². The van der Waals surface area contributed by atoms with Crippen molar-refractivity contribution in [2.24, 2.45) is 11.3 Å². The zero-order valence-corrected chi connectivity index (χ0v) is 14.9. The lowest BCUT2D eigenvalue weighted by molar-refractivity contribution is -0.142. The summed E-state index contributed by atoms with van der Waals surface area (Å²) in [6.07, 6.45) is 10.8. The summed E-state index contributed by atoms with van der Waals surface area (Å²) in [7, 11) is 0. The second-order valence-electron chi connectivity index (χ2n) is 8.28. The molecule has 5 heteroatoms. The van der Waals surface area contributed by atoms with E-state index in [1.54, 1.807) is 6.92 Å². The van der Waals surface area contributed by atoms with Crippen LogP contribution >= 0.6 is 0 Å². The number of hydrogen-bond acceptors (Lipinski definition) is 3. The van der Waals surface area contributed by atoms with Crippen LogP contribution in [-0.2, 0) is 9.59 Å². The summed E-state index contributed by atoms with van der Waals surface area (Å²) in [6.45, 7) is 3.15. The molecule has 2 amide bonds. The predicted molar refractivity (Wildman–Crippen MR) is 92.3 cm³/mol. The molecule has 1 saturated heterocycles. The summed E-state index contributed by atoms with van der Waals surface area (Å²) in [5.74, 6) is -0.119. The van der Waals surface area contributed by atoms with Gasteiger partial charge in [0.15, 0.2) is 0 Å². The third kappa shape index (κ3) is 4.11. The van der Waals surface area contributed by atoms with Crippen molar-refractivity contribution in [1.29, 1.82) is 0 Å². The third-order valence-corrected chi connectivity index (χ3v) is 6.13. The summed E-state index contributed by atoms with van der Waals surface area (Å²) >= 11 is 0. The van der Waals surface area contributed by atoms with Crippen molar-refractivity contribution < 1.29 is 14.7 Å². The lowest BCUT2D eigenvalue weighted by atomic mass is 9.74. The average Bonchev–Trinajstić information content (AvgIpc) is 3.40. The number of carbonyl (C=O) groups excluding carboxylic acids is 2. The normalized spacial score (nSPS) is 26.5. The number of rotatable bonds is 4. The Kier molecular flexibility index (Phi) is 5.48. The molecule has 2 atom stereocenters. The monoisotopic (exact) mass is 336 g/mol. The lowest BCUT2D eigenvalue weighted by Gasteiger charge is -2.44. The number of nitrogens with one attached hydrogen (secondary N) is 1. The van der Waals surface area contributed by atoms with E-state index in [0.717, 1.165) is 32.4 Å². The van der Waals surface area contributed by atoms with Gasteiger partial charge in [-0.1, -0.05) is 25.7 Å². The Bertz CT molecular complexity index is 465. The maximum atomic E-state index is 13.0. The highest BCUT2D eigenvalue weighted by molar-refractivity contribution is 5.89. The molecule has 1 spiro atoms. The third-order valence-electron chi connectivity index (χ3n) is 6.13. The summed E-state index contributed by atoms with van der Waals surface area (Å²) in [5, 5.41) is 12.8. The van der Waals surface area contributed by atoms with Crippen molar-refractivity contribution >= 4 is 11.8 Å². The number of hydrogen-bond donors (Lipinski definition) is 2. The van der Waals surface area contributed by atoms with Crippen LogP contribution in [0, 0.1) is 11.3 Å². The fraction of sp³-hybridized carbons (Fsp3) is 0.895. The van der Waals surface area contributed by atoms with Crippen LogP contribution in [0.3, 0.4) is 0 Å². The van der Waals surface area contributed by atoms with Crippen LogP contribution in [0.25, 0.3) is 0 Å². The van der Waals surface area contributed by atoms with Gasteiger partial charge in [0, 0.05) is 19.0 Å². The molecule has 2 N–H and O–H groups in total. The molecular weight excluding hydrogens is 304 g/mol. The summed E-state index contributed by atoms with van der Waals surface area (Å²) < 4.78 is 0. The minimum Gasteiger partial charge on any atom is -0.391 e. The topological polar surface area (TPSA) is 69.6 Å². The first-order valence-electron chi connectivity index (χ1n) is 9.78. The van der Waals surface area contributed by atoms with Gasteiger partial charge in [-0.3, -0.25) is 9.59 Å². The first kappa shape index (κ1) is 17.7. The highest BCUT2D eigenvalue weighted by Gasteiger charge is 2.41. The van der Waals surface area contributed by atoms with Crippen molar-refractivity contribution in [2.75, 3.05) is 13.1 Å². The Labute approximate surface area is 145 Å². The number of carbonyl (C=O) groups is 2. The quantitative estimate of drug-likeness (QED) is 0.827. The van der Waals surface area contributed by atoms with Gasteiger partial charge in [-0.25, -0.2) is 0 Å². The average molecular weight is 336 g/mol. The molecule has 0 bridgehead atoms. The molecule has 0 radical (unpaired) electrons. The molecule has 5 nitrogen and oxygen atoms in total.